The van der Waals surface area contributed by atoms with Gasteiger partial charge in [-0.2, -0.15) is 0 Å². The Labute approximate surface area is 92.0 Å². The Morgan fingerprint density at radius 2 is 2.40 bits per heavy atom. The highest BCUT2D eigenvalue weighted by Crippen LogP contribution is 2.13. The largest absolute Gasteiger partial charge is 0.376 e. The van der Waals surface area contributed by atoms with Gasteiger partial charge in [0.25, 0.3) is 0 Å². The lowest BCUT2D eigenvalue weighted by molar-refractivity contribution is -0.134. The van der Waals surface area contributed by atoms with Gasteiger partial charge in [-0.05, 0) is 26.3 Å². The molecular weight excluding hydrogens is 192 g/mol. The number of nitrogens with one attached hydrogen (secondary N) is 1. The van der Waals surface area contributed by atoms with Crippen LogP contribution in [0.4, 0.5) is 0 Å². The minimum Gasteiger partial charge on any atom is -0.376 e. The highest BCUT2D eigenvalue weighted by atomic mass is 16.5. The van der Waals surface area contributed by atoms with E-state index < -0.39 is 0 Å². The standard InChI is InChI=1S/C11H22N2O2/c1-3-7-15-10-5-4-6-13(9-10)11(14)8-12-2/h10,12H,3-9H2,1-2H3. The Morgan fingerprint density at radius 3 is 3.07 bits per heavy atom. The van der Waals surface area contributed by atoms with E-state index in [0.717, 1.165) is 39.0 Å². The van der Waals surface area contributed by atoms with Gasteiger partial charge in [0.2, 0.25) is 5.91 Å². The summed E-state index contributed by atoms with van der Waals surface area (Å²) < 4.78 is 5.68. The minimum atomic E-state index is 0.183. The van der Waals surface area contributed by atoms with Gasteiger partial charge in [0.15, 0.2) is 0 Å². The smallest absolute Gasteiger partial charge is 0.236 e. The summed E-state index contributed by atoms with van der Waals surface area (Å²) in [6, 6.07) is 0. The normalized spacial score (nSPS) is 21.7. The molecule has 1 aliphatic heterocycles. The van der Waals surface area contributed by atoms with E-state index in [0.29, 0.717) is 6.54 Å². The first-order valence-corrected chi connectivity index (χ1v) is 5.82. The van der Waals surface area contributed by atoms with Gasteiger partial charge < -0.3 is 15.0 Å². The van der Waals surface area contributed by atoms with Gasteiger partial charge in [-0.1, -0.05) is 6.92 Å². The molecule has 0 aliphatic carbocycles. The summed E-state index contributed by atoms with van der Waals surface area (Å²) in [4.78, 5) is 13.5. The van der Waals surface area contributed by atoms with Crippen molar-refractivity contribution in [1.29, 1.82) is 0 Å². The second-order valence-electron chi connectivity index (χ2n) is 4.01. The molecule has 15 heavy (non-hydrogen) atoms. The number of hydrogen-bond acceptors (Lipinski definition) is 3. The number of amides is 1. The summed E-state index contributed by atoms with van der Waals surface area (Å²) in [5.41, 5.74) is 0. The number of nitrogens with zero attached hydrogens (tertiary/aromatic N) is 1. The van der Waals surface area contributed by atoms with Crippen LogP contribution in [0.5, 0.6) is 0 Å². The third-order valence-corrected chi connectivity index (χ3v) is 2.62. The highest BCUT2D eigenvalue weighted by molar-refractivity contribution is 5.78. The van der Waals surface area contributed by atoms with Gasteiger partial charge >= 0.3 is 0 Å². The number of piperidine rings is 1. The van der Waals surface area contributed by atoms with Crippen molar-refractivity contribution >= 4 is 5.91 Å². The molecule has 1 N–H and O–H groups in total. The van der Waals surface area contributed by atoms with Gasteiger partial charge in [0.05, 0.1) is 12.6 Å². The maximum absolute atomic E-state index is 11.6. The molecule has 4 heteroatoms. The topological polar surface area (TPSA) is 41.6 Å². The summed E-state index contributed by atoms with van der Waals surface area (Å²) in [6.45, 7) is 4.99. The van der Waals surface area contributed by atoms with Crippen molar-refractivity contribution in [1.82, 2.24) is 10.2 Å². The number of hydrogen-bond donors (Lipinski definition) is 1. The van der Waals surface area contributed by atoms with E-state index in [-0.39, 0.29) is 12.0 Å². The summed E-state index contributed by atoms with van der Waals surface area (Å²) in [7, 11) is 1.80. The van der Waals surface area contributed by atoms with Crippen LogP contribution in [0, 0.1) is 0 Å². The van der Waals surface area contributed by atoms with E-state index in [1.807, 2.05) is 4.90 Å². The summed E-state index contributed by atoms with van der Waals surface area (Å²) in [5, 5.41) is 2.89. The van der Waals surface area contributed by atoms with Gasteiger partial charge in [-0.15, -0.1) is 0 Å². The molecule has 1 aliphatic rings. The molecule has 1 heterocycles. The van der Waals surface area contributed by atoms with Crippen molar-refractivity contribution < 1.29 is 9.53 Å². The van der Waals surface area contributed by atoms with Crippen LogP contribution < -0.4 is 5.32 Å². The molecule has 0 bridgehead atoms. The number of likely N-dealkylation sites (tertiary alicyclic amines) is 1. The summed E-state index contributed by atoms with van der Waals surface area (Å²) in [5.74, 6) is 0.183. The first kappa shape index (κ1) is 12.5. The van der Waals surface area contributed by atoms with Crippen LogP contribution in [0.2, 0.25) is 0 Å². The second-order valence-corrected chi connectivity index (χ2v) is 4.01. The Balaban J connectivity index is 2.31. The molecule has 1 atom stereocenters. The summed E-state index contributed by atoms with van der Waals surface area (Å²) >= 11 is 0. The monoisotopic (exact) mass is 214 g/mol. The van der Waals surface area contributed by atoms with Crippen LogP contribution in [0.25, 0.3) is 0 Å². The van der Waals surface area contributed by atoms with Crippen molar-refractivity contribution in [3.05, 3.63) is 0 Å². The molecule has 1 rings (SSSR count). The molecule has 1 unspecified atom stereocenters. The third kappa shape index (κ3) is 4.18. The van der Waals surface area contributed by atoms with Crippen LogP contribution in [0.1, 0.15) is 26.2 Å². The van der Waals surface area contributed by atoms with Crippen molar-refractivity contribution in [3.8, 4) is 0 Å². The van der Waals surface area contributed by atoms with E-state index in [1.54, 1.807) is 7.05 Å². The average Bonchev–Trinajstić information content (AvgIpc) is 2.27. The fourth-order valence-electron chi connectivity index (χ4n) is 1.85. The van der Waals surface area contributed by atoms with Gasteiger partial charge in [-0.3, -0.25) is 4.79 Å². The lowest BCUT2D eigenvalue weighted by Gasteiger charge is -2.32. The molecule has 0 aromatic carbocycles. The molecular formula is C11H22N2O2. The Bertz CT molecular complexity index is 197. The number of likely N-dealkylation sites (N-methyl/N-ethyl adjacent to an activating group) is 1. The minimum absolute atomic E-state index is 0.183. The van der Waals surface area contributed by atoms with Gasteiger partial charge in [-0.25, -0.2) is 0 Å². The van der Waals surface area contributed by atoms with E-state index in [9.17, 15) is 4.79 Å². The zero-order valence-electron chi connectivity index (χ0n) is 9.79. The van der Waals surface area contributed by atoms with Crippen LogP contribution in [0.3, 0.4) is 0 Å². The Morgan fingerprint density at radius 1 is 1.60 bits per heavy atom. The summed E-state index contributed by atoms with van der Waals surface area (Å²) in [6.07, 6.45) is 3.44. The van der Waals surface area contributed by atoms with Crippen LogP contribution in [-0.2, 0) is 9.53 Å². The Kier molecular flexibility index (Phi) is 5.65. The SMILES string of the molecule is CCCOC1CCCN(C(=O)CNC)C1. The van der Waals surface area contributed by atoms with Crippen molar-refractivity contribution in [2.75, 3.05) is 33.3 Å². The van der Waals surface area contributed by atoms with E-state index >= 15 is 0 Å². The predicted octanol–water partition coefficient (Wildman–Crippen LogP) is 0.623. The van der Waals surface area contributed by atoms with Crippen LogP contribution in [-0.4, -0.2) is 50.2 Å². The van der Waals surface area contributed by atoms with E-state index in [1.165, 1.54) is 0 Å². The first-order valence-electron chi connectivity index (χ1n) is 5.82. The lowest BCUT2D eigenvalue weighted by atomic mass is 10.1. The van der Waals surface area contributed by atoms with E-state index in [2.05, 4.69) is 12.2 Å². The van der Waals surface area contributed by atoms with Gasteiger partial charge in [0.1, 0.15) is 0 Å². The van der Waals surface area contributed by atoms with Crippen molar-refractivity contribution in [2.24, 2.45) is 0 Å². The second kappa shape index (κ2) is 6.80. The lowest BCUT2D eigenvalue weighted by Crippen LogP contribution is -2.46. The maximum Gasteiger partial charge on any atom is 0.236 e. The zero-order chi connectivity index (χ0) is 11.1. The molecule has 1 amide bonds. The van der Waals surface area contributed by atoms with Crippen molar-refractivity contribution in [2.45, 2.75) is 32.3 Å². The number of carbonyl (C=O) groups excluding carboxylic acids is 1. The number of carbonyl (C=O) groups is 1. The molecule has 1 fully saturated rings. The zero-order valence-corrected chi connectivity index (χ0v) is 9.79. The fourth-order valence-corrected chi connectivity index (χ4v) is 1.85. The Hall–Kier alpha value is -0.610. The predicted molar refractivity (Wildman–Crippen MR) is 59.8 cm³/mol. The molecule has 0 spiro atoms. The third-order valence-electron chi connectivity index (χ3n) is 2.62. The molecule has 88 valence electrons. The average molecular weight is 214 g/mol. The van der Waals surface area contributed by atoms with E-state index in [4.69, 9.17) is 4.74 Å². The molecule has 0 aromatic rings. The van der Waals surface area contributed by atoms with Crippen LogP contribution in [0.15, 0.2) is 0 Å². The molecule has 1 saturated heterocycles. The fraction of sp³-hybridized carbons (Fsp3) is 0.909. The molecule has 4 nitrogen and oxygen atoms in total. The van der Waals surface area contributed by atoms with Crippen molar-refractivity contribution in [3.63, 3.8) is 0 Å². The van der Waals surface area contributed by atoms with Gasteiger partial charge in [0, 0.05) is 19.7 Å². The quantitative estimate of drug-likeness (QED) is 0.729. The maximum atomic E-state index is 11.6. The van der Waals surface area contributed by atoms with Crippen LogP contribution >= 0.6 is 0 Å². The first-order chi connectivity index (χ1) is 7.27. The highest BCUT2D eigenvalue weighted by Gasteiger charge is 2.23. The molecule has 0 saturated carbocycles. The number of rotatable bonds is 5. The number of ether oxygens (including phenoxy) is 1. The molecule has 0 radical (unpaired) electrons. The molecule has 0 aromatic heterocycles.